The molecule has 0 spiro atoms. The molecule has 2 aromatic carbocycles. The molecule has 0 radical (unpaired) electrons. The minimum atomic E-state index is -0.370. The van der Waals surface area contributed by atoms with Crippen LogP contribution in [0.5, 0.6) is 0 Å². The van der Waals surface area contributed by atoms with Gasteiger partial charge in [0.05, 0.1) is 6.10 Å². The summed E-state index contributed by atoms with van der Waals surface area (Å²) in [6.45, 7) is 6.96. The molecule has 0 saturated carbocycles. The number of aliphatic hydroxyl groups is 1. The largest absolute Gasteiger partial charge is 0.393 e. The lowest BCUT2D eigenvalue weighted by Gasteiger charge is -2.28. The molecule has 2 aromatic rings. The highest BCUT2D eigenvalue weighted by Crippen LogP contribution is 2.22. The van der Waals surface area contributed by atoms with Gasteiger partial charge in [0, 0.05) is 20.1 Å². The molecule has 0 aliphatic carbocycles. The summed E-state index contributed by atoms with van der Waals surface area (Å²) in [4.78, 5) is 14.1. The van der Waals surface area contributed by atoms with Crippen molar-refractivity contribution in [3.05, 3.63) is 48.0 Å². The van der Waals surface area contributed by atoms with Gasteiger partial charge in [-0.2, -0.15) is 0 Å². The molecule has 0 aromatic heterocycles. The quantitative estimate of drug-likeness (QED) is 0.848. The summed E-state index contributed by atoms with van der Waals surface area (Å²) in [6.07, 6.45) is 0.283. The molecular weight excluding hydrogens is 300 g/mol. The van der Waals surface area contributed by atoms with Crippen LogP contribution in [0.1, 0.15) is 32.8 Å². The molecule has 1 atom stereocenters. The van der Waals surface area contributed by atoms with E-state index < -0.39 is 0 Å². The minimum absolute atomic E-state index is 0.0957. The van der Waals surface area contributed by atoms with E-state index in [1.165, 1.54) is 10.8 Å². The average molecular weight is 328 g/mol. The van der Waals surface area contributed by atoms with Crippen LogP contribution in [0.15, 0.2) is 42.5 Å². The summed E-state index contributed by atoms with van der Waals surface area (Å²) in [5.74, 6) is 0. The number of urea groups is 1. The lowest BCUT2D eigenvalue weighted by Crippen LogP contribution is -2.42. The van der Waals surface area contributed by atoms with Gasteiger partial charge in [-0.3, -0.25) is 0 Å². The van der Waals surface area contributed by atoms with Crippen LogP contribution in [0.4, 0.5) is 4.79 Å². The fourth-order valence-corrected chi connectivity index (χ4v) is 3.08. The molecule has 130 valence electrons. The Balaban J connectivity index is 1.98. The van der Waals surface area contributed by atoms with Crippen LogP contribution in [0, 0.1) is 5.41 Å². The Morgan fingerprint density at radius 3 is 2.58 bits per heavy atom. The van der Waals surface area contributed by atoms with Crippen molar-refractivity contribution in [2.45, 2.75) is 39.8 Å². The van der Waals surface area contributed by atoms with Crippen molar-refractivity contribution in [2.24, 2.45) is 5.41 Å². The third-order valence-corrected chi connectivity index (χ3v) is 4.20. The Morgan fingerprint density at radius 1 is 1.21 bits per heavy atom. The molecule has 24 heavy (non-hydrogen) atoms. The van der Waals surface area contributed by atoms with Crippen molar-refractivity contribution in [1.29, 1.82) is 0 Å². The smallest absolute Gasteiger partial charge is 0.317 e. The van der Waals surface area contributed by atoms with Gasteiger partial charge in [0.1, 0.15) is 0 Å². The highest BCUT2D eigenvalue weighted by atomic mass is 16.3. The SMILES string of the molecule is CC(O)CC(C)(C)CNC(=O)N(C)Cc1cccc2ccccc12. The van der Waals surface area contributed by atoms with Gasteiger partial charge in [0.15, 0.2) is 0 Å². The highest BCUT2D eigenvalue weighted by Gasteiger charge is 2.22. The molecule has 2 N–H and O–H groups in total. The number of amides is 2. The van der Waals surface area contributed by atoms with Crippen molar-refractivity contribution in [3.8, 4) is 0 Å². The second-order valence-electron chi connectivity index (χ2n) is 7.37. The molecule has 4 heteroatoms. The van der Waals surface area contributed by atoms with Crippen molar-refractivity contribution in [1.82, 2.24) is 10.2 Å². The van der Waals surface area contributed by atoms with Gasteiger partial charge in [-0.1, -0.05) is 56.3 Å². The zero-order valence-electron chi connectivity index (χ0n) is 15.0. The van der Waals surface area contributed by atoms with Crippen LogP contribution in [0.3, 0.4) is 0 Å². The van der Waals surface area contributed by atoms with Crippen LogP contribution in [0.25, 0.3) is 10.8 Å². The molecule has 1 unspecified atom stereocenters. The number of carbonyl (C=O) groups is 1. The number of rotatable bonds is 6. The van der Waals surface area contributed by atoms with Gasteiger partial charge in [0.25, 0.3) is 0 Å². The first-order chi connectivity index (χ1) is 11.3. The number of fused-ring (bicyclic) bond motifs is 1. The van der Waals surface area contributed by atoms with Crippen LogP contribution >= 0.6 is 0 Å². The molecular formula is C20H28N2O2. The van der Waals surface area contributed by atoms with E-state index in [-0.39, 0.29) is 17.6 Å². The summed E-state index contributed by atoms with van der Waals surface area (Å²) in [5.41, 5.74) is 0.999. The van der Waals surface area contributed by atoms with Crippen LogP contribution in [0.2, 0.25) is 0 Å². The lowest BCUT2D eigenvalue weighted by molar-refractivity contribution is 0.127. The predicted molar refractivity (Wildman–Crippen MR) is 98.9 cm³/mol. The van der Waals surface area contributed by atoms with Gasteiger partial charge in [-0.05, 0) is 35.1 Å². The number of aliphatic hydroxyl groups excluding tert-OH is 1. The molecule has 4 nitrogen and oxygen atoms in total. The Kier molecular flexibility index (Phi) is 5.84. The van der Waals surface area contributed by atoms with Gasteiger partial charge in [-0.15, -0.1) is 0 Å². The molecule has 0 aliphatic rings. The van der Waals surface area contributed by atoms with Gasteiger partial charge in [0.2, 0.25) is 0 Å². The topological polar surface area (TPSA) is 52.6 Å². The zero-order valence-corrected chi connectivity index (χ0v) is 15.0. The molecule has 0 fully saturated rings. The number of nitrogens with one attached hydrogen (secondary N) is 1. The average Bonchev–Trinajstić information content (AvgIpc) is 2.52. The molecule has 0 heterocycles. The third kappa shape index (κ3) is 4.96. The fourth-order valence-electron chi connectivity index (χ4n) is 3.08. The van der Waals surface area contributed by atoms with Crippen LogP contribution < -0.4 is 5.32 Å². The highest BCUT2D eigenvalue weighted by molar-refractivity contribution is 5.86. The Hall–Kier alpha value is -2.07. The molecule has 0 bridgehead atoms. The van der Waals surface area contributed by atoms with Crippen molar-refractivity contribution >= 4 is 16.8 Å². The number of benzene rings is 2. The fraction of sp³-hybridized carbons (Fsp3) is 0.450. The van der Waals surface area contributed by atoms with E-state index in [1.807, 2.05) is 32.0 Å². The Labute approximate surface area is 144 Å². The van der Waals surface area contributed by atoms with Crippen molar-refractivity contribution < 1.29 is 9.90 Å². The summed E-state index contributed by atoms with van der Waals surface area (Å²) in [6, 6.07) is 14.3. The lowest BCUT2D eigenvalue weighted by atomic mass is 9.87. The maximum absolute atomic E-state index is 12.4. The first-order valence-corrected chi connectivity index (χ1v) is 8.42. The van der Waals surface area contributed by atoms with E-state index in [0.717, 1.165) is 5.56 Å². The van der Waals surface area contributed by atoms with E-state index in [1.54, 1.807) is 18.9 Å². The van der Waals surface area contributed by atoms with E-state index in [2.05, 4.69) is 29.6 Å². The number of carbonyl (C=O) groups excluding carboxylic acids is 1. The molecule has 0 aliphatic heterocycles. The van der Waals surface area contributed by atoms with E-state index >= 15 is 0 Å². The molecule has 2 amide bonds. The first-order valence-electron chi connectivity index (χ1n) is 8.42. The van der Waals surface area contributed by atoms with Crippen LogP contribution in [-0.2, 0) is 6.54 Å². The maximum Gasteiger partial charge on any atom is 0.317 e. The van der Waals surface area contributed by atoms with E-state index in [4.69, 9.17) is 0 Å². The normalized spacial score (nSPS) is 12.9. The first kappa shape index (κ1) is 18.3. The number of hydrogen-bond acceptors (Lipinski definition) is 2. The monoisotopic (exact) mass is 328 g/mol. The van der Waals surface area contributed by atoms with Gasteiger partial charge in [-0.25, -0.2) is 4.79 Å². The van der Waals surface area contributed by atoms with Gasteiger partial charge < -0.3 is 15.3 Å². The molecule has 2 rings (SSSR count). The second kappa shape index (κ2) is 7.67. The predicted octanol–water partition coefficient (Wildman–Crippen LogP) is 3.78. The van der Waals surface area contributed by atoms with Crippen LogP contribution in [-0.4, -0.2) is 35.7 Å². The maximum atomic E-state index is 12.4. The van der Waals surface area contributed by atoms with E-state index in [0.29, 0.717) is 19.5 Å². The Morgan fingerprint density at radius 2 is 1.88 bits per heavy atom. The number of nitrogens with zero attached hydrogens (tertiary/aromatic N) is 1. The number of hydrogen-bond donors (Lipinski definition) is 2. The Bertz CT molecular complexity index is 690. The van der Waals surface area contributed by atoms with E-state index in [9.17, 15) is 9.90 Å². The van der Waals surface area contributed by atoms with Gasteiger partial charge >= 0.3 is 6.03 Å². The summed E-state index contributed by atoms with van der Waals surface area (Å²) in [5, 5.41) is 14.9. The zero-order chi connectivity index (χ0) is 17.7. The van der Waals surface area contributed by atoms with Crippen molar-refractivity contribution in [3.63, 3.8) is 0 Å². The summed E-state index contributed by atoms with van der Waals surface area (Å²) in [7, 11) is 1.80. The third-order valence-electron chi connectivity index (χ3n) is 4.20. The molecule has 0 saturated heterocycles. The van der Waals surface area contributed by atoms with Crippen molar-refractivity contribution in [2.75, 3.05) is 13.6 Å². The standard InChI is InChI=1S/C20H28N2O2/c1-15(23)12-20(2,3)14-21-19(24)22(4)13-17-10-7-9-16-8-5-6-11-18(16)17/h5-11,15,23H,12-14H2,1-4H3,(H,21,24). The summed E-state index contributed by atoms with van der Waals surface area (Å²) < 4.78 is 0. The summed E-state index contributed by atoms with van der Waals surface area (Å²) >= 11 is 0. The second-order valence-corrected chi connectivity index (χ2v) is 7.37. The minimum Gasteiger partial charge on any atom is -0.393 e.